The number of thiol groups is 1. The van der Waals surface area contributed by atoms with E-state index >= 15 is 0 Å². The lowest BCUT2D eigenvalue weighted by Crippen LogP contribution is -2.31. The predicted molar refractivity (Wildman–Crippen MR) is 92.5 cm³/mol. The van der Waals surface area contributed by atoms with E-state index < -0.39 is 0 Å². The van der Waals surface area contributed by atoms with Gasteiger partial charge in [0, 0.05) is 18.7 Å². The van der Waals surface area contributed by atoms with Crippen molar-refractivity contribution < 1.29 is 0 Å². The summed E-state index contributed by atoms with van der Waals surface area (Å²) in [7, 11) is 0. The summed E-state index contributed by atoms with van der Waals surface area (Å²) in [6.45, 7) is 1.79. The van der Waals surface area contributed by atoms with E-state index in [0.717, 1.165) is 42.0 Å². The maximum atomic E-state index is 9.31. The van der Waals surface area contributed by atoms with Crippen LogP contribution < -0.4 is 5.32 Å². The molecule has 1 aliphatic heterocycles. The second kappa shape index (κ2) is 6.67. The van der Waals surface area contributed by atoms with Gasteiger partial charge < -0.3 is 5.32 Å². The topological polar surface area (TPSA) is 48.2 Å². The third-order valence-corrected chi connectivity index (χ3v) is 4.34. The molecule has 1 N–H and O–H groups in total. The van der Waals surface area contributed by atoms with Crippen LogP contribution in [0.4, 0.5) is 0 Å². The molecule has 0 saturated heterocycles. The van der Waals surface area contributed by atoms with E-state index in [9.17, 15) is 5.26 Å². The monoisotopic (exact) mass is 307 g/mol. The van der Waals surface area contributed by atoms with Crippen molar-refractivity contribution in [3.05, 3.63) is 70.8 Å². The van der Waals surface area contributed by atoms with Crippen LogP contribution in [-0.4, -0.2) is 18.9 Å². The van der Waals surface area contributed by atoms with E-state index in [0.29, 0.717) is 5.56 Å². The Morgan fingerprint density at radius 2 is 1.82 bits per heavy atom. The molecule has 1 heterocycles. The van der Waals surface area contributed by atoms with E-state index in [-0.39, 0.29) is 5.25 Å². The maximum absolute atomic E-state index is 9.31. The molecule has 0 spiro atoms. The molecule has 1 aliphatic rings. The molecule has 110 valence electrons. The molecule has 22 heavy (non-hydrogen) atoms. The number of rotatable bonds is 3. The Bertz CT molecular complexity index is 746. The molecule has 0 fully saturated rings. The summed E-state index contributed by atoms with van der Waals surface area (Å²) < 4.78 is 0. The van der Waals surface area contributed by atoms with Crippen molar-refractivity contribution in [3.8, 4) is 6.07 Å². The van der Waals surface area contributed by atoms with Crippen LogP contribution in [-0.2, 0) is 0 Å². The zero-order valence-corrected chi connectivity index (χ0v) is 13.1. The molecule has 0 radical (unpaired) electrons. The molecule has 4 heteroatoms. The first-order chi connectivity index (χ1) is 10.8. The quantitative estimate of drug-likeness (QED) is 0.855. The van der Waals surface area contributed by atoms with Crippen LogP contribution in [0.2, 0.25) is 0 Å². The van der Waals surface area contributed by atoms with E-state index in [1.54, 1.807) is 0 Å². The Morgan fingerprint density at radius 3 is 2.55 bits per heavy atom. The lowest BCUT2D eigenvalue weighted by molar-refractivity contribution is 0.741. The van der Waals surface area contributed by atoms with Gasteiger partial charge in [0.25, 0.3) is 0 Å². The van der Waals surface area contributed by atoms with Crippen LogP contribution in [0.3, 0.4) is 0 Å². The standard InChI is InChI=1S/C18H17N3S/c19-12-13-6-1-2-7-14(13)17(22)15-8-3-4-9-16(15)18-20-10-5-11-21-18/h1-4,6-9,17,22H,5,10-11H2,(H,20,21). The largest absolute Gasteiger partial charge is 0.370 e. The zero-order chi connectivity index (χ0) is 15.4. The fraction of sp³-hybridized carbons (Fsp3) is 0.222. The number of nitrogens with zero attached hydrogens (tertiary/aromatic N) is 2. The number of hydrogen-bond donors (Lipinski definition) is 2. The van der Waals surface area contributed by atoms with Crippen molar-refractivity contribution in [2.24, 2.45) is 4.99 Å². The highest BCUT2D eigenvalue weighted by Gasteiger charge is 2.19. The molecule has 3 rings (SSSR count). The molecule has 3 nitrogen and oxygen atoms in total. The van der Waals surface area contributed by atoms with Crippen molar-refractivity contribution >= 4 is 18.5 Å². The van der Waals surface area contributed by atoms with Crippen molar-refractivity contribution in [2.75, 3.05) is 13.1 Å². The second-order valence-electron chi connectivity index (χ2n) is 5.20. The number of aliphatic imine (C=N–C) groups is 1. The van der Waals surface area contributed by atoms with E-state index in [2.05, 4.69) is 28.5 Å². The summed E-state index contributed by atoms with van der Waals surface area (Å²) in [6.07, 6.45) is 1.06. The van der Waals surface area contributed by atoms with Gasteiger partial charge in [-0.05, 0) is 23.6 Å². The van der Waals surface area contributed by atoms with Crippen LogP contribution >= 0.6 is 12.6 Å². The van der Waals surface area contributed by atoms with Gasteiger partial charge in [0.2, 0.25) is 0 Å². The highest BCUT2D eigenvalue weighted by molar-refractivity contribution is 7.80. The molecule has 1 atom stereocenters. The molecule has 0 bridgehead atoms. The van der Waals surface area contributed by atoms with Crippen molar-refractivity contribution in [3.63, 3.8) is 0 Å². The summed E-state index contributed by atoms with van der Waals surface area (Å²) in [5.41, 5.74) is 3.73. The van der Waals surface area contributed by atoms with E-state index in [1.807, 2.05) is 36.4 Å². The van der Waals surface area contributed by atoms with Crippen LogP contribution in [0, 0.1) is 11.3 Å². The minimum atomic E-state index is -0.154. The van der Waals surface area contributed by atoms with Gasteiger partial charge >= 0.3 is 0 Å². The van der Waals surface area contributed by atoms with Gasteiger partial charge in [-0.3, -0.25) is 4.99 Å². The van der Waals surface area contributed by atoms with Crippen molar-refractivity contribution in [1.29, 1.82) is 5.26 Å². The average molecular weight is 307 g/mol. The number of nitrogens with one attached hydrogen (secondary N) is 1. The maximum Gasteiger partial charge on any atom is 0.128 e. The Morgan fingerprint density at radius 1 is 1.09 bits per heavy atom. The lowest BCUT2D eigenvalue weighted by atomic mass is 9.95. The minimum Gasteiger partial charge on any atom is -0.370 e. The Labute approximate surface area is 136 Å². The first kappa shape index (κ1) is 14.7. The van der Waals surface area contributed by atoms with Gasteiger partial charge in [0.05, 0.1) is 16.9 Å². The minimum absolute atomic E-state index is 0.154. The number of nitriles is 1. The summed E-state index contributed by atoms with van der Waals surface area (Å²) in [5, 5.41) is 12.5. The van der Waals surface area contributed by atoms with Crippen LogP contribution in [0.15, 0.2) is 53.5 Å². The molecule has 2 aromatic rings. The van der Waals surface area contributed by atoms with Crippen molar-refractivity contribution in [2.45, 2.75) is 11.7 Å². The third-order valence-electron chi connectivity index (χ3n) is 3.78. The Hall–Kier alpha value is -2.25. The SMILES string of the molecule is N#Cc1ccccc1C(S)c1ccccc1C1=NCCCN1. The second-order valence-corrected chi connectivity index (χ2v) is 5.72. The van der Waals surface area contributed by atoms with Gasteiger partial charge in [-0.25, -0.2) is 0 Å². The number of benzene rings is 2. The molecule has 0 amide bonds. The fourth-order valence-corrected chi connectivity index (χ4v) is 3.12. The summed E-state index contributed by atoms with van der Waals surface area (Å²) in [6, 6.07) is 18.0. The first-order valence-corrected chi connectivity index (χ1v) is 7.87. The van der Waals surface area contributed by atoms with Crippen LogP contribution in [0.25, 0.3) is 0 Å². The van der Waals surface area contributed by atoms with Gasteiger partial charge in [-0.2, -0.15) is 17.9 Å². The van der Waals surface area contributed by atoms with Crippen LogP contribution in [0.5, 0.6) is 0 Å². The highest BCUT2D eigenvalue weighted by Crippen LogP contribution is 2.32. The molecule has 2 aromatic carbocycles. The molecule has 0 saturated carbocycles. The Kier molecular flexibility index (Phi) is 4.45. The average Bonchev–Trinajstić information content (AvgIpc) is 2.62. The van der Waals surface area contributed by atoms with Crippen molar-refractivity contribution in [1.82, 2.24) is 5.32 Å². The molecule has 0 aromatic heterocycles. The smallest absolute Gasteiger partial charge is 0.128 e. The molecular weight excluding hydrogens is 290 g/mol. The van der Waals surface area contributed by atoms with Gasteiger partial charge in [0.15, 0.2) is 0 Å². The molecule has 0 aliphatic carbocycles. The van der Waals surface area contributed by atoms with Gasteiger partial charge in [-0.1, -0.05) is 42.5 Å². The zero-order valence-electron chi connectivity index (χ0n) is 12.2. The fourth-order valence-electron chi connectivity index (χ4n) is 2.67. The predicted octanol–water partition coefficient (Wildman–Crippen LogP) is 3.32. The number of hydrogen-bond acceptors (Lipinski definition) is 4. The van der Waals surface area contributed by atoms with Gasteiger partial charge in [0.1, 0.15) is 5.84 Å². The summed E-state index contributed by atoms with van der Waals surface area (Å²) in [5.74, 6) is 0.926. The van der Waals surface area contributed by atoms with Crippen LogP contribution in [0.1, 0.15) is 33.9 Å². The Balaban J connectivity index is 2.05. The van der Waals surface area contributed by atoms with Gasteiger partial charge in [-0.15, -0.1) is 0 Å². The summed E-state index contributed by atoms with van der Waals surface area (Å²) >= 11 is 4.79. The first-order valence-electron chi connectivity index (χ1n) is 7.36. The lowest BCUT2D eigenvalue weighted by Gasteiger charge is -2.21. The van der Waals surface area contributed by atoms with E-state index in [4.69, 9.17) is 12.6 Å². The summed E-state index contributed by atoms with van der Waals surface area (Å²) in [4.78, 5) is 4.59. The highest BCUT2D eigenvalue weighted by atomic mass is 32.1. The number of amidine groups is 1. The molecule has 1 unspecified atom stereocenters. The normalized spacial score (nSPS) is 15.4. The molecular formula is C18H17N3S. The third kappa shape index (κ3) is 2.86. The van der Waals surface area contributed by atoms with E-state index in [1.165, 1.54) is 0 Å².